The van der Waals surface area contributed by atoms with E-state index in [2.05, 4.69) is 33.2 Å². The number of hydrogen-bond donors (Lipinski definition) is 1. The van der Waals surface area contributed by atoms with Crippen LogP contribution in [0.15, 0.2) is 59.4 Å². The summed E-state index contributed by atoms with van der Waals surface area (Å²) in [7, 11) is 0. The Balaban J connectivity index is 1.69. The number of carbonyl (C=O) groups excluding carboxylic acids is 1. The lowest BCUT2D eigenvalue weighted by Crippen LogP contribution is -2.03. The fourth-order valence-corrected chi connectivity index (χ4v) is 3.22. The van der Waals surface area contributed by atoms with E-state index >= 15 is 0 Å². The largest absolute Gasteiger partial charge is 0.381 e. The van der Waals surface area contributed by atoms with Gasteiger partial charge in [-0.15, -0.1) is 0 Å². The Kier molecular flexibility index (Phi) is 5.39. The fourth-order valence-electron chi connectivity index (χ4n) is 2.58. The average Bonchev–Trinajstić information content (AvgIpc) is 3.15. The number of Topliss-reactive ketones (excluding diaryl/α,β-unsaturated/α-hetero) is 1. The van der Waals surface area contributed by atoms with E-state index in [1.165, 1.54) is 0 Å². The SMILES string of the molecule is CCCC(=O)c1ccc(NCc2cccnc2-c2ccsc2)cc1. The number of rotatable bonds is 7. The van der Waals surface area contributed by atoms with Crippen LogP contribution in [0.5, 0.6) is 0 Å². The van der Waals surface area contributed by atoms with E-state index in [4.69, 9.17) is 0 Å². The number of nitrogens with one attached hydrogen (secondary N) is 1. The van der Waals surface area contributed by atoms with Crippen molar-refractivity contribution in [2.75, 3.05) is 5.32 Å². The van der Waals surface area contributed by atoms with E-state index in [-0.39, 0.29) is 5.78 Å². The van der Waals surface area contributed by atoms with Crippen LogP contribution in [0.1, 0.15) is 35.7 Å². The standard InChI is InChI=1S/C20H20N2OS/c1-2-4-19(23)15-6-8-18(9-7-15)22-13-16-5-3-11-21-20(16)17-10-12-24-14-17/h3,5-12,14,22H,2,4,13H2,1H3. The first-order chi connectivity index (χ1) is 11.8. The first kappa shape index (κ1) is 16.4. The Bertz CT molecular complexity index is 795. The van der Waals surface area contributed by atoms with Crippen LogP contribution in [0.4, 0.5) is 5.69 Å². The second-order valence-electron chi connectivity index (χ2n) is 5.63. The Labute approximate surface area is 146 Å². The van der Waals surface area contributed by atoms with Gasteiger partial charge in [0.1, 0.15) is 0 Å². The average molecular weight is 336 g/mol. The normalized spacial score (nSPS) is 10.5. The van der Waals surface area contributed by atoms with Gasteiger partial charge in [-0.05, 0) is 53.8 Å². The summed E-state index contributed by atoms with van der Waals surface area (Å²) >= 11 is 1.67. The molecular formula is C20H20N2OS. The molecule has 0 spiro atoms. The molecule has 0 aliphatic heterocycles. The van der Waals surface area contributed by atoms with Crippen LogP contribution >= 0.6 is 11.3 Å². The maximum absolute atomic E-state index is 11.9. The number of nitrogens with zero attached hydrogens (tertiary/aromatic N) is 1. The zero-order chi connectivity index (χ0) is 16.8. The number of benzene rings is 1. The van der Waals surface area contributed by atoms with Crippen molar-refractivity contribution in [1.82, 2.24) is 4.98 Å². The molecule has 0 saturated carbocycles. The van der Waals surface area contributed by atoms with E-state index in [0.29, 0.717) is 13.0 Å². The molecule has 3 nitrogen and oxygen atoms in total. The van der Waals surface area contributed by atoms with Crippen molar-refractivity contribution in [3.63, 3.8) is 0 Å². The number of carbonyl (C=O) groups is 1. The lowest BCUT2D eigenvalue weighted by molar-refractivity contribution is 0.0982. The third-order valence-electron chi connectivity index (χ3n) is 3.85. The summed E-state index contributed by atoms with van der Waals surface area (Å²) in [6.45, 7) is 2.72. The number of ketones is 1. The van der Waals surface area contributed by atoms with Gasteiger partial charge in [-0.2, -0.15) is 11.3 Å². The molecular weight excluding hydrogens is 316 g/mol. The van der Waals surface area contributed by atoms with Gasteiger partial charge in [0.25, 0.3) is 0 Å². The topological polar surface area (TPSA) is 42.0 Å². The van der Waals surface area contributed by atoms with E-state index in [1.807, 2.05) is 43.5 Å². The summed E-state index contributed by atoms with van der Waals surface area (Å²) in [5.41, 5.74) is 5.10. The molecule has 24 heavy (non-hydrogen) atoms. The minimum Gasteiger partial charge on any atom is -0.381 e. The lowest BCUT2D eigenvalue weighted by atomic mass is 10.1. The zero-order valence-electron chi connectivity index (χ0n) is 13.7. The van der Waals surface area contributed by atoms with Gasteiger partial charge >= 0.3 is 0 Å². The van der Waals surface area contributed by atoms with Gasteiger partial charge < -0.3 is 5.32 Å². The Morgan fingerprint density at radius 3 is 2.71 bits per heavy atom. The van der Waals surface area contributed by atoms with Crippen molar-refractivity contribution in [3.05, 3.63) is 70.5 Å². The quantitative estimate of drug-likeness (QED) is 0.587. The summed E-state index contributed by atoms with van der Waals surface area (Å²) < 4.78 is 0. The van der Waals surface area contributed by atoms with Gasteiger partial charge in [0.15, 0.2) is 5.78 Å². The molecule has 0 saturated heterocycles. The maximum atomic E-state index is 11.9. The number of hydrogen-bond acceptors (Lipinski definition) is 4. The van der Waals surface area contributed by atoms with Crippen molar-refractivity contribution in [2.24, 2.45) is 0 Å². The zero-order valence-corrected chi connectivity index (χ0v) is 14.5. The number of pyridine rings is 1. The van der Waals surface area contributed by atoms with Crippen molar-refractivity contribution in [3.8, 4) is 11.3 Å². The number of aromatic nitrogens is 1. The fraction of sp³-hybridized carbons (Fsp3) is 0.200. The van der Waals surface area contributed by atoms with Crippen molar-refractivity contribution in [2.45, 2.75) is 26.3 Å². The van der Waals surface area contributed by atoms with Crippen LogP contribution in [0.3, 0.4) is 0 Å². The third kappa shape index (κ3) is 3.89. The van der Waals surface area contributed by atoms with Gasteiger partial charge in [0.2, 0.25) is 0 Å². The highest BCUT2D eigenvalue weighted by atomic mass is 32.1. The summed E-state index contributed by atoms with van der Waals surface area (Å²) in [4.78, 5) is 16.4. The summed E-state index contributed by atoms with van der Waals surface area (Å²) in [6.07, 6.45) is 3.31. The van der Waals surface area contributed by atoms with Gasteiger partial charge in [-0.3, -0.25) is 9.78 Å². The summed E-state index contributed by atoms with van der Waals surface area (Å²) in [5, 5.41) is 7.59. The number of thiophene rings is 1. The molecule has 0 aliphatic carbocycles. The lowest BCUT2D eigenvalue weighted by Gasteiger charge is -2.10. The van der Waals surface area contributed by atoms with Crippen LogP contribution in [0, 0.1) is 0 Å². The molecule has 0 bridgehead atoms. The van der Waals surface area contributed by atoms with E-state index in [0.717, 1.165) is 34.5 Å². The molecule has 3 aromatic rings. The molecule has 2 aromatic heterocycles. The Morgan fingerprint density at radius 2 is 2.00 bits per heavy atom. The maximum Gasteiger partial charge on any atom is 0.162 e. The highest BCUT2D eigenvalue weighted by Gasteiger charge is 2.07. The first-order valence-corrected chi connectivity index (χ1v) is 9.06. The molecule has 2 heterocycles. The van der Waals surface area contributed by atoms with Crippen molar-refractivity contribution in [1.29, 1.82) is 0 Å². The molecule has 3 rings (SSSR count). The molecule has 1 N–H and O–H groups in total. The second kappa shape index (κ2) is 7.88. The van der Waals surface area contributed by atoms with Gasteiger partial charge in [0, 0.05) is 41.4 Å². The first-order valence-electron chi connectivity index (χ1n) is 8.11. The predicted molar refractivity (Wildman–Crippen MR) is 101 cm³/mol. The summed E-state index contributed by atoms with van der Waals surface area (Å²) in [5.74, 6) is 0.205. The molecule has 0 radical (unpaired) electrons. The van der Waals surface area contributed by atoms with E-state index in [1.54, 1.807) is 11.3 Å². The van der Waals surface area contributed by atoms with Crippen LogP contribution in [0.25, 0.3) is 11.3 Å². The van der Waals surface area contributed by atoms with Gasteiger partial charge in [0.05, 0.1) is 5.69 Å². The van der Waals surface area contributed by atoms with E-state index in [9.17, 15) is 4.79 Å². The minimum absolute atomic E-state index is 0.205. The van der Waals surface area contributed by atoms with Crippen LogP contribution < -0.4 is 5.32 Å². The second-order valence-corrected chi connectivity index (χ2v) is 6.41. The van der Waals surface area contributed by atoms with Crippen molar-refractivity contribution < 1.29 is 4.79 Å². The molecule has 0 atom stereocenters. The van der Waals surface area contributed by atoms with E-state index < -0.39 is 0 Å². The molecule has 0 unspecified atom stereocenters. The monoisotopic (exact) mass is 336 g/mol. The predicted octanol–water partition coefficient (Wildman–Crippen LogP) is 5.41. The van der Waals surface area contributed by atoms with Gasteiger partial charge in [-0.25, -0.2) is 0 Å². The minimum atomic E-state index is 0.205. The summed E-state index contributed by atoms with van der Waals surface area (Å²) in [6, 6.07) is 13.8. The Morgan fingerprint density at radius 1 is 1.17 bits per heavy atom. The molecule has 1 aromatic carbocycles. The smallest absolute Gasteiger partial charge is 0.162 e. The molecule has 0 fully saturated rings. The number of anilines is 1. The molecule has 122 valence electrons. The molecule has 0 amide bonds. The van der Waals surface area contributed by atoms with Crippen LogP contribution in [0.2, 0.25) is 0 Å². The highest BCUT2D eigenvalue weighted by Crippen LogP contribution is 2.24. The van der Waals surface area contributed by atoms with Gasteiger partial charge in [-0.1, -0.05) is 13.0 Å². The van der Waals surface area contributed by atoms with Crippen LogP contribution in [-0.4, -0.2) is 10.8 Å². The highest BCUT2D eigenvalue weighted by molar-refractivity contribution is 7.08. The Hall–Kier alpha value is -2.46. The van der Waals surface area contributed by atoms with Crippen molar-refractivity contribution >= 4 is 22.8 Å². The molecule has 4 heteroatoms. The van der Waals surface area contributed by atoms with Crippen LogP contribution in [-0.2, 0) is 6.54 Å². The third-order valence-corrected chi connectivity index (χ3v) is 4.54. The molecule has 0 aliphatic rings.